The second-order valence-corrected chi connectivity index (χ2v) is 5.24. The number of benzene rings is 1. The fourth-order valence-electron chi connectivity index (χ4n) is 2.47. The molecule has 5 heteroatoms. The quantitative estimate of drug-likeness (QED) is 0.643. The van der Waals surface area contributed by atoms with Gasteiger partial charge in [-0.05, 0) is 25.5 Å². The summed E-state index contributed by atoms with van der Waals surface area (Å²) in [6.45, 7) is 5.86. The summed E-state index contributed by atoms with van der Waals surface area (Å²) in [5, 5.41) is 3.25. The van der Waals surface area contributed by atoms with Crippen LogP contribution >= 0.6 is 0 Å². The number of nitrogens with zero attached hydrogens (tertiary/aromatic N) is 1. The van der Waals surface area contributed by atoms with Crippen molar-refractivity contribution in [3.63, 3.8) is 0 Å². The zero-order valence-electron chi connectivity index (χ0n) is 13.5. The second kappa shape index (κ2) is 8.17. The minimum Gasteiger partial charge on any atom is -0.463 e. The molecule has 0 amide bonds. The maximum atomic E-state index is 12.0. The minimum atomic E-state index is -0.445. The summed E-state index contributed by atoms with van der Waals surface area (Å²) < 4.78 is 4.86. The Morgan fingerprint density at radius 2 is 2.00 bits per heavy atom. The number of nitrogens with one attached hydrogen (secondary N) is 1. The monoisotopic (exact) mass is 314 g/mol. The Labute approximate surface area is 136 Å². The number of ketones is 1. The van der Waals surface area contributed by atoms with Crippen LogP contribution in [-0.4, -0.2) is 36.3 Å². The van der Waals surface area contributed by atoms with Crippen molar-refractivity contribution in [2.75, 3.05) is 19.7 Å². The van der Waals surface area contributed by atoms with E-state index in [9.17, 15) is 9.59 Å². The van der Waals surface area contributed by atoms with Crippen molar-refractivity contribution < 1.29 is 14.3 Å². The predicted molar refractivity (Wildman–Crippen MR) is 88.3 cm³/mol. The first kappa shape index (κ1) is 16.8. The van der Waals surface area contributed by atoms with Gasteiger partial charge in [0, 0.05) is 25.7 Å². The molecule has 1 N–H and O–H groups in total. The van der Waals surface area contributed by atoms with Gasteiger partial charge in [-0.25, -0.2) is 4.79 Å². The zero-order chi connectivity index (χ0) is 16.7. The Kier molecular flexibility index (Phi) is 5.97. The number of ether oxygens (including phenoxy) is 1. The highest BCUT2D eigenvalue weighted by atomic mass is 16.5. The summed E-state index contributed by atoms with van der Waals surface area (Å²) in [7, 11) is 0. The van der Waals surface area contributed by atoms with Gasteiger partial charge in [-0.3, -0.25) is 4.79 Å². The molecule has 5 nitrogen and oxygen atoms in total. The van der Waals surface area contributed by atoms with E-state index < -0.39 is 5.97 Å². The number of hydrogen-bond donors (Lipinski definition) is 1. The Bertz CT molecular complexity index is 620. The second-order valence-electron chi connectivity index (χ2n) is 5.24. The van der Waals surface area contributed by atoms with Crippen LogP contribution in [0, 0.1) is 0 Å². The van der Waals surface area contributed by atoms with Crippen molar-refractivity contribution in [1.82, 2.24) is 10.2 Å². The van der Waals surface area contributed by atoms with Crippen molar-refractivity contribution >= 4 is 11.8 Å². The molecule has 1 fully saturated rings. The van der Waals surface area contributed by atoms with Gasteiger partial charge in [0.25, 0.3) is 0 Å². The standard InChI is InChI=1S/C18H22N2O3/c1-3-23-17(22)10-9-16(14(2)21)18-19-11-12-20(18)13-15-7-5-4-6-8-15/h4-10,19H,3,11-13H2,1-2H3/b10-9+,18-16+. The average Bonchev–Trinajstić information content (AvgIpc) is 2.96. The molecule has 0 saturated carbocycles. The third-order valence-corrected chi connectivity index (χ3v) is 3.51. The van der Waals surface area contributed by atoms with E-state index in [-0.39, 0.29) is 5.78 Å². The first-order valence-corrected chi connectivity index (χ1v) is 7.74. The van der Waals surface area contributed by atoms with Crippen LogP contribution in [0.4, 0.5) is 0 Å². The van der Waals surface area contributed by atoms with Crippen LogP contribution in [0.3, 0.4) is 0 Å². The number of Topliss-reactive ketones (excluding diaryl/α,β-unsaturated/α-hetero) is 1. The van der Waals surface area contributed by atoms with E-state index in [1.165, 1.54) is 24.6 Å². The molecular weight excluding hydrogens is 292 g/mol. The van der Waals surface area contributed by atoms with E-state index in [0.29, 0.717) is 18.7 Å². The van der Waals surface area contributed by atoms with Gasteiger partial charge in [0.1, 0.15) is 5.82 Å². The highest BCUT2D eigenvalue weighted by molar-refractivity contribution is 5.98. The summed E-state index contributed by atoms with van der Waals surface area (Å²) in [5.41, 5.74) is 1.66. The fourth-order valence-corrected chi connectivity index (χ4v) is 2.47. The van der Waals surface area contributed by atoms with Crippen LogP contribution in [0.5, 0.6) is 0 Å². The van der Waals surface area contributed by atoms with Gasteiger partial charge in [-0.1, -0.05) is 30.3 Å². The molecule has 0 unspecified atom stereocenters. The van der Waals surface area contributed by atoms with Crippen molar-refractivity contribution in [3.05, 3.63) is 59.4 Å². The SMILES string of the molecule is CCOC(=O)/C=C/C(C(C)=O)=C1/NCCN1Cc1ccccc1. The van der Waals surface area contributed by atoms with E-state index in [4.69, 9.17) is 4.74 Å². The molecule has 0 aromatic heterocycles. The average molecular weight is 314 g/mol. The lowest BCUT2D eigenvalue weighted by atomic mass is 10.1. The summed E-state index contributed by atoms with van der Waals surface area (Å²) in [5.74, 6) is 0.231. The number of hydrogen-bond acceptors (Lipinski definition) is 5. The van der Waals surface area contributed by atoms with Crippen LogP contribution in [0.25, 0.3) is 0 Å². The Balaban J connectivity index is 2.22. The molecule has 2 rings (SSSR count). The molecule has 1 aliphatic heterocycles. The van der Waals surface area contributed by atoms with Crippen LogP contribution < -0.4 is 5.32 Å². The highest BCUT2D eigenvalue weighted by Gasteiger charge is 2.21. The molecule has 23 heavy (non-hydrogen) atoms. The first-order valence-electron chi connectivity index (χ1n) is 7.74. The van der Waals surface area contributed by atoms with Crippen LogP contribution in [0.1, 0.15) is 19.4 Å². The van der Waals surface area contributed by atoms with Crippen molar-refractivity contribution in [2.45, 2.75) is 20.4 Å². The summed E-state index contributed by atoms with van der Waals surface area (Å²) >= 11 is 0. The summed E-state index contributed by atoms with van der Waals surface area (Å²) in [4.78, 5) is 25.6. The van der Waals surface area contributed by atoms with E-state index >= 15 is 0 Å². The minimum absolute atomic E-state index is 0.0898. The molecule has 1 aromatic rings. The van der Waals surface area contributed by atoms with Crippen LogP contribution in [0.2, 0.25) is 0 Å². The molecule has 0 aliphatic carbocycles. The fraction of sp³-hybridized carbons (Fsp3) is 0.333. The summed E-state index contributed by atoms with van der Waals surface area (Å²) in [6, 6.07) is 10.1. The lowest BCUT2D eigenvalue weighted by Gasteiger charge is -2.20. The number of rotatable bonds is 6. The van der Waals surface area contributed by atoms with Crippen LogP contribution in [0.15, 0.2) is 53.9 Å². The number of carbonyl (C=O) groups excluding carboxylic acids is 2. The normalized spacial score (nSPS) is 16.3. The molecule has 0 spiro atoms. The van der Waals surface area contributed by atoms with Crippen molar-refractivity contribution in [1.29, 1.82) is 0 Å². The summed E-state index contributed by atoms with van der Waals surface area (Å²) in [6.07, 6.45) is 2.83. The zero-order valence-corrected chi connectivity index (χ0v) is 13.5. The molecular formula is C18H22N2O3. The number of carbonyl (C=O) groups is 2. The van der Waals surface area contributed by atoms with Gasteiger partial charge in [0.15, 0.2) is 5.78 Å². The van der Waals surface area contributed by atoms with Gasteiger partial charge in [-0.2, -0.15) is 0 Å². The molecule has 1 heterocycles. The molecule has 0 bridgehead atoms. The first-order chi connectivity index (χ1) is 11.1. The van der Waals surface area contributed by atoms with E-state index in [1.54, 1.807) is 6.92 Å². The molecule has 1 saturated heterocycles. The highest BCUT2D eigenvalue weighted by Crippen LogP contribution is 2.18. The Morgan fingerprint density at radius 3 is 2.65 bits per heavy atom. The topological polar surface area (TPSA) is 58.6 Å². The predicted octanol–water partition coefficient (Wildman–Crippen LogP) is 2.01. The van der Waals surface area contributed by atoms with Gasteiger partial charge in [0.05, 0.1) is 12.2 Å². The smallest absolute Gasteiger partial charge is 0.330 e. The van der Waals surface area contributed by atoms with Gasteiger partial charge < -0.3 is 15.0 Å². The van der Waals surface area contributed by atoms with Crippen molar-refractivity contribution in [3.8, 4) is 0 Å². The van der Waals surface area contributed by atoms with Gasteiger partial charge >= 0.3 is 5.97 Å². The molecule has 1 aliphatic rings. The molecule has 0 radical (unpaired) electrons. The number of esters is 1. The van der Waals surface area contributed by atoms with Crippen LogP contribution in [-0.2, 0) is 20.9 Å². The van der Waals surface area contributed by atoms with Gasteiger partial charge in [-0.15, -0.1) is 0 Å². The third-order valence-electron chi connectivity index (χ3n) is 3.51. The van der Waals surface area contributed by atoms with Gasteiger partial charge in [0.2, 0.25) is 0 Å². The number of allylic oxidation sites excluding steroid dienone is 2. The Hall–Kier alpha value is -2.56. The van der Waals surface area contributed by atoms with E-state index in [0.717, 1.165) is 18.9 Å². The maximum absolute atomic E-state index is 12.0. The van der Waals surface area contributed by atoms with Crippen molar-refractivity contribution in [2.24, 2.45) is 0 Å². The van der Waals surface area contributed by atoms with E-state index in [2.05, 4.69) is 22.3 Å². The molecule has 1 aromatic carbocycles. The Morgan fingerprint density at radius 1 is 1.26 bits per heavy atom. The van der Waals surface area contributed by atoms with E-state index in [1.807, 2.05) is 18.2 Å². The molecule has 122 valence electrons. The maximum Gasteiger partial charge on any atom is 0.330 e. The molecule has 0 atom stereocenters. The largest absolute Gasteiger partial charge is 0.463 e. The lowest BCUT2D eigenvalue weighted by molar-refractivity contribution is -0.137. The third kappa shape index (κ3) is 4.71. The lowest BCUT2D eigenvalue weighted by Crippen LogP contribution is -2.23.